The zero-order valence-corrected chi connectivity index (χ0v) is 11.0. The zero-order valence-electron chi connectivity index (χ0n) is 11.0. The fourth-order valence-electron chi connectivity index (χ4n) is 2.39. The predicted molar refractivity (Wildman–Crippen MR) is 76.1 cm³/mol. The van der Waals surface area contributed by atoms with E-state index in [1.54, 1.807) is 6.07 Å². The number of nitrogens with zero attached hydrogens (tertiary/aromatic N) is 1. The Labute approximate surface area is 116 Å². The van der Waals surface area contributed by atoms with Gasteiger partial charge in [-0.25, -0.2) is 4.39 Å². The van der Waals surface area contributed by atoms with Gasteiger partial charge in [0, 0.05) is 17.9 Å². The Hall–Kier alpha value is -2.30. The molecule has 3 N–H and O–H groups in total. The summed E-state index contributed by atoms with van der Waals surface area (Å²) in [6.07, 6.45) is 5.26. The highest BCUT2D eigenvalue weighted by Crippen LogP contribution is 2.33. The van der Waals surface area contributed by atoms with Crippen molar-refractivity contribution in [3.8, 4) is 0 Å². The molecule has 104 valence electrons. The summed E-state index contributed by atoms with van der Waals surface area (Å²) in [7, 11) is 0. The summed E-state index contributed by atoms with van der Waals surface area (Å²) in [4.78, 5) is 12.3. The molecule has 20 heavy (non-hydrogen) atoms. The van der Waals surface area contributed by atoms with Crippen molar-refractivity contribution < 1.29 is 9.18 Å². The number of carbonyl (C=O) groups is 1. The van der Waals surface area contributed by atoms with E-state index >= 15 is 0 Å². The molecule has 1 aliphatic carbocycles. The van der Waals surface area contributed by atoms with Crippen LogP contribution < -0.4 is 11.1 Å². The number of halogens is 1. The van der Waals surface area contributed by atoms with Crippen LogP contribution in [0, 0.1) is 5.82 Å². The van der Waals surface area contributed by atoms with Crippen LogP contribution in [0.1, 0.15) is 35.8 Å². The molecule has 4 nitrogen and oxygen atoms in total. The first-order valence-electron chi connectivity index (χ1n) is 6.68. The van der Waals surface area contributed by atoms with Crippen molar-refractivity contribution in [2.24, 2.45) is 0 Å². The number of nitrogens with one attached hydrogen (secondary N) is 1. The molecule has 1 amide bonds. The van der Waals surface area contributed by atoms with E-state index in [0.717, 1.165) is 12.8 Å². The normalized spacial score (nSPS) is 14.8. The molecule has 0 saturated heterocycles. The molecule has 3 rings (SSSR count). The van der Waals surface area contributed by atoms with Gasteiger partial charge in [0.1, 0.15) is 11.5 Å². The van der Waals surface area contributed by atoms with E-state index in [-0.39, 0.29) is 11.6 Å². The summed E-state index contributed by atoms with van der Waals surface area (Å²) >= 11 is 0. The number of rotatable bonds is 3. The number of nitrogens with two attached hydrogens (primary N) is 1. The second-order valence-corrected chi connectivity index (χ2v) is 5.08. The van der Waals surface area contributed by atoms with E-state index in [4.69, 9.17) is 5.73 Å². The van der Waals surface area contributed by atoms with Gasteiger partial charge in [0.05, 0.1) is 5.69 Å². The Balaban J connectivity index is 1.82. The number of aromatic nitrogens is 1. The molecule has 1 heterocycles. The van der Waals surface area contributed by atoms with Crippen molar-refractivity contribution in [1.82, 2.24) is 4.57 Å². The smallest absolute Gasteiger partial charge is 0.272 e. The first-order valence-corrected chi connectivity index (χ1v) is 6.68. The van der Waals surface area contributed by atoms with Gasteiger partial charge in [-0.15, -0.1) is 0 Å². The molecule has 1 fully saturated rings. The summed E-state index contributed by atoms with van der Waals surface area (Å²) in [5, 5.41) is 2.58. The van der Waals surface area contributed by atoms with Gasteiger partial charge in [-0.2, -0.15) is 0 Å². The first kappa shape index (κ1) is 12.7. The molecule has 0 unspecified atom stereocenters. The van der Waals surface area contributed by atoms with Crippen LogP contribution in [-0.2, 0) is 0 Å². The van der Waals surface area contributed by atoms with Crippen molar-refractivity contribution in [3.63, 3.8) is 0 Å². The van der Waals surface area contributed by atoms with E-state index in [0.29, 0.717) is 17.4 Å². The van der Waals surface area contributed by atoms with E-state index in [1.165, 1.54) is 24.6 Å². The minimum absolute atomic E-state index is 0.108. The number of hydrogen-bond donors (Lipinski definition) is 2. The molecule has 1 saturated carbocycles. The topological polar surface area (TPSA) is 60.0 Å². The molecular weight excluding hydrogens is 257 g/mol. The number of nitrogen functional groups attached to an aromatic ring is 1. The predicted octanol–water partition coefficient (Wildman–Crippen LogP) is 3.19. The van der Waals surface area contributed by atoms with Crippen LogP contribution in [0.2, 0.25) is 0 Å². The van der Waals surface area contributed by atoms with Crippen LogP contribution in [0.15, 0.2) is 36.5 Å². The maximum Gasteiger partial charge on any atom is 0.272 e. The number of benzene rings is 1. The van der Waals surface area contributed by atoms with Gasteiger partial charge in [-0.05, 0) is 49.6 Å². The quantitative estimate of drug-likeness (QED) is 0.844. The minimum atomic E-state index is -0.491. The van der Waals surface area contributed by atoms with Gasteiger partial charge in [-0.3, -0.25) is 4.79 Å². The third kappa shape index (κ3) is 2.27. The standard InChI is InChI=1S/C15H16FN3O/c16-12-7-6-10(17)9-13(12)18-15(20)14-5-2-8-19(14)11-3-1-4-11/h2,5-9,11H,1,3-4,17H2,(H,18,20). The highest BCUT2D eigenvalue weighted by molar-refractivity contribution is 6.03. The lowest BCUT2D eigenvalue weighted by atomic mass is 9.93. The van der Waals surface area contributed by atoms with Crippen LogP contribution in [0.25, 0.3) is 0 Å². The van der Waals surface area contributed by atoms with Crippen LogP contribution in [0.5, 0.6) is 0 Å². The molecular formula is C15H16FN3O. The average molecular weight is 273 g/mol. The fourth-order valence-corrected chi connectivity index (χ4v) is 2.39. The molecule has 0 aliphatic heterocycles. The molecule has 1 aliphatic rings. The summed E-state index contributed by atoms with van der Waals surface area (Å²) in [5.41, 5.74) is 6.68. The Kier molecular flexibility index (Phi) is 3.18. The maximum absolute atomic E-state index is 13.6. The molecule has 2 aromatic rings. The van der Waals surface area contributed by atoms with Crippen LogP contribution >= 0.6 is 0 Å². The highest BCUT2D eigenvalue weighted by atomic mass is 19.1. The minimum Gasteiger partial charge on any atom is -0.399 e. The summed E-state index contributed by atoms with van der Waals surface area (Å²) in [6.45, 7) is 0. The molecule has 0 spiro atoms. The third-order valence-corrected chi connectivity index (χ3v) is 3.72. The van der Waals surface area contributed by atoms with Gasteiger partial charge in [0.25, 0.3) is 5.91 Å². The van der Waals surface area contributed by atoms with Crippen LogP contribution in [0.3, 0.4) is 0 Å². The number of carbonyl (C=O) groups excluding carboxylic acids is 1. The van der Waals surface area contributed by atoms with Crippen LogP contribution in [-0.4, -0.2) is 10.5 Å². The second kappa shape index (κ2) is 5.00. The lowest BCUT2D eigenvalue weighted by Crippen LogP contribution is -2.23. The largest absolute Gasteiger partial charge is 0.399 e. The third-order valence-electron chi connectivity index (χ3n) is 3.72. The Morgan fingerprint density at radius 2 is 2.15 bits per heavy atom. The Morgan fingerprint density at radius 3 is 2.85 bits per heavy atom. The maximum atomic E-state index is 13.6. The zero-order chi connectivity index (χ0) is 14.1. The summed E-state index contributed by atoms with van der Waals surface area (Å²) in [6, 6.07) is 8.10. The molecule has 1 aromatic heterocycles. The van der Waals surface area contributed by atoms with Crippen molar-refractivity contribution in [2.75, 3.05) is 11.1 Å². The van der Waals surface area contributed by atoms with Crippen molar-refractivity contribution >= 4 is 17.3 Å². The summed E-state index contributed by atoms with van der Waals surface area (Å²) < 4.78 is 15.6. The van der Waals surface area contributed by atoms with Crippen molar-refractivity contribution in [3.05, 3.63) is 48.0 Å². The van der Waals surface area contributed by atoms with E-state index in [9.17, 15) is 9.18 Å². The Bertz CT molecular complexity index is 646. The van der Waals surface area contributed by atoms with E-state index in [2.05, 4.69) is 5.32 Å². The number of hydrogen-bond acceptors (Lipinski definition) is 2. The number of anilines is 2. The van der Waals surface area contributed by atoms with Gasteiger partial charge < -0.3 is 15.6 Å². The van der Waals surface area contributed by atoms with Crippen LogP contribution in [0.4, 0.5) is 15.8 Å². The second-order valence-electron chi connectivity index (χ2n) is 5.08. The van der Waals surface area contributed by atoms with E-state index in [1.807, 2.05) is 16.8 Å². The van der Waals surface area contributed by atoms with Gasteiger partial charge in [0.2, 0.25) is 0 Å². The molecule has 0 bridgehead atoms. The molecule has 5 heteroatoms. The lowest BCUT2D eigenvalue weighted by Gasteiger charge is -2.28. The van der Waals surface area contributed by atoms with E-state index < -0.39 is 5.82 Å². The monoisotopic (exact) mass is 273 g/mol. The molecule has 0 radical (unpaired) electrons. The average Bonchev–Trinajstić information content (AvgIpc) is 2.80. The molecule has 0 atom stereocenters. The lowest BCUT2D eigenvalue weighted by molar-refractivity contribution is 0.101. The first-order chi connectivity index (χ1) is 9.65. The van der Waals surface area contributed by atoms with Gasteiger partial charge >= 0.3 is 0 Å². The number of amides is 1. The fraction of sp³-hybridized carbons (Fsp3) is 0.267. The van der Waals surface area contributed by atoms with Gasteiger partial charge in [-0.1, -0.05) is 0 Å². The van der Waals surface area contributed by atoms with Crippen molar-refractivity contribution in [1.29, 1.82) is 0 Å². The van der Waals surface area contributed by atoms with Gasteiger partial charge in [0.15, 0.2) is 0 Å². The summed E-state index contributed by atoms with van der Waals surface area (Å²) in [5.74, 6) is -0.805. The SMILES string of the molecule is Nc1ccc(F)c(NC(=O)c2cccn2C2CCC2)c1. The molecule has 1 aromatic carbocycles. The Morgan fingerprint density at radius 1 is 1.35 bits per heavy atom. The highest BCUT2D eigenvalue weighted by Gasteiger charge is 2.23. The van der Waals surface area contributed by atoms with Crippen molar-refractivity contribution in [2.45, 2.75) is 25.3 Å².